The van der Waals surface area contributed by atoms with E-state index in [1.807, 2.05) is 30.3 Å². The van der Waals surface area contributed by atoms with Crippen LogP contribution in [0.1, 0.15) is 16.2 Å². The van der Waals surface area contributed by atoms with Crippen LogP contribution in [0.3, 0.4) is 0 Å². The largest absolute Gasteiger partial charge is 0.343 e. The van der Waals surface area contributed by atoms with Gasteiger partial charge >= 0.3 is 5.69 Å². The van der Waals surface area contributed by atoms with E-state index in [1.54, 1.807) is 7.05 Å². The molecule has 0 aliphatic rings. The molecule has 1 N–H and O–H groups in total. The molecule has 0 aliphatic heterocycles. The Morgan fingerprint density at radius 2 is 2.06 bits per heavy atom. The molecule has 0 unspecified atom stereocenters. The van der Waals surface area contributed by atoms with E-state index in [4.69, 9.17) is 0 Å². The van der Waals surface area contributed by atoms with Crippen LogP contribution in [0.2, 0.25) is 0 Å². The highest BCUT2D eigenvalue weighted by atomic mass is 16.2. The summed E-state index contributed by atoms with van der Waals surface area (Å²) >= 11 is 0. The topological polar surface area (TPSA) is 71.0 Å². The highest BCUT2D eigenvalue weighted by molar-refractivity contribution is 5.90. The van der Waals surface area contributed by atoms with Crippen molar-refractivity contribution in [1.82, 2.24) is 19.7 Å². The van der Waals surface area contributed by atoms with Gasteiger partial charge < -0.3 is 4.90 Å². The minimum atomic E-state index is -0.397. The summed E-state index contributed by atoms with van der Waals surface area (Å²) in [5, 5.41) is 3.83. The van der Waals surface area contributed by atoms with E-state index in [2.05, 4.69) is 10.1 Å². The third-order valence-electron chi connectivity index (χ3n) is 2.58. The first-order valence-electron chi connectivity index (χ1n) is 5.50. The van der Waals surface area contributed by atoms with Gasteiger partial charge in [0.2, 0.25) is 5.82 Å². The second kappa shape index (κ2) is 4.87. The van der Waals surface area contributed by atoms with Crippen LogP contribution in [0.5, 0.6) is 0 Å². The molecule has 6 heteroatoms. The molecule has 6 nitrogen and oxygen atoms in total. The van der Waals surface area contributed by atoms with Crippen LogP contribution < -0.4 is 5.69 Å². The molecule has 0 spiro atoms. The van der Waals surface area contributed by atoms with Crippen LogP contribution >= 0.6 is 0 Å². The minimum Gasteiger partial charge on any atom is -0.335 e. The maximum atomic E-state index is 12.0. The van der Waals surface area contributed by atoms with Gasteiger partial charge in [-0.2, -0.15) is 0 Å². The van der Waals surface area contributed by atoms with Crippen molar-refractivity contribution in [3.05, 3.63) is 52.2 Å². The fourth-order valence-corrected chi connectivity index (χ4v) is 1.61. The smallest absolute Gasteiger partial charge is 0.335 e. The Labute approximate surface area is 104 Å². The SMILES string of the molecule is CN(Cc1ccccc1)C(=O)c1nn(C)c(=O)[nH]1. The number of hydrogen-bond donors (Lipinski definition) is 1. The molecule has 1 heterocycles. The Morgan fingerprint density at radius 1 is 1.39 bits per heavy atom. The second-order valence-corrected chi connectivity index (χ2v) is 4.05. The average Bonchev–Trinajstić information content (AvgIpc) is 2.70. The molecular formula is C12H14N4O2. The third-order valence-corrected chi connectivity index (χ3v) is 2.58. The van der Waals surface area contributed by atoms with Gasteiger partial charge in [0.1, 0.15) is 0 Å². The summed E-state index contributed by atoms with van der Waals surface area (Å²) in [6.07, 6.45) is 0. The van der Waals surface area contributed by atoms with Crippen LogP contribution in [-0.2, 0) is 13.6 Å². The molecule has 0 bridgehead atoms. The predicted octanol–water partition coefficient (Wildman–Crippen LogP) is 0.381. The lowest BCUT2D eigenvalue weighted by Crippen LogP contribution is -2.27. The lowest BCUT2D eigenvalue weighted by atomic mass is 10.2. The zero-order valence-electron chi connectivity index (χ0n) is 10.3. The zero-order chi connectivity index (χ0) is 13.1. The summed E-state index contributed by atoms with van der Waals surface area (Å²) in [5.74, 6) is -0.252. The van der Waals surface area contributed by atoms with Crippen molar-refractivity contribution in [3.8, 4) is 0 Å². The molecular weight excluding hydrogens is 232 g/mol. The van der Waals surface area contributed by atoms with Gasteiger partial charge in [-0.25, -0.2) is 9.48 Å². The Morgan fingerprint density at radius 3 is 2.61 bits per heavy atom. The number of hydrogen-bond acceptors (Lipinski definition) is 3. The van der Waals surface area contributed by atoms with Gasteiger partial charge in [0.05, 0.1) is 0 Å². The first kappa shape index (κ1) is 12.1. The number of H-pyrrole nitrogens is 1. The molecule has 0 saturated carbocycles. The van der Waals surface area contributed by atoms with Crippen LogP contribution in [0.25, 0.3) is 0 Å². The maximum absolute atomic E-state index is 12.0. The molecule has 94 valence electrons. The number of carbonyl (C=O) groups excluding carboxylic acids is 1. The van der Waals surface area contributed by atoms with Crippen molar-refractivity contribution in [2.24, 2.45) is 7.05 Å². The summed E-state index contributed by atoms with van der Waals surface area (Å²) in [5.41, 5.74) is 0.623. The fraction of sp³-hybridized carbons (Fsp3) is 0.250. The van der Waals surface area contributed by atoms with E-state index in [0.29, 0.717) is 6.54 Å². The van der Waals surface area contributed by atoms with E-state index >= 15 is 0 Å². The number of aromatic nitrogens is 3. The number of amides is 1. The monoisotopic (exact) mass is 246 g/mol. The number of aryl methyl sites for hydroxylation is 1. The normalized spacial score (nSPS) is 10.3. The Hall–Kier alpha value is -2.37. The number of benzene rings is 1. The van der Waals surface area contributed by atoms with E-state index in [1.165, 1.54) is 11.9 Å². The number of carbonyl (C=O) groups is 1. The van der Waals surface area contributed by atoms with Crippen molar-refractivity contribution in [1.29, 1.82) is 0 Å². The maximum Gasteiger partial charge on any atom is 0.343 e. The van der Waals surface area contributed by atoms with Crippen molar-refractivity contribution in [2.45, 2.75) is 6.54 Å². The van der Waals surface area contributed by atoms with Crippen molar-refractivity contribution in [2.75, 3.05) is 7.05 Å². The zero-order valence-corrected chi connectivity index (χ0v) is 10.3. The van der Waals surface area contributed by atoms with Gasteiger partial charge in [-0.1, -0.05) is 30.3 Å². The molecule has 0 aliphatic carbocycles. The third kappa shape index (κ3) is 2.48. The fourth-order valence-electron chi connectivity index (χ4n) is 1.61. The van der Waals surface area contributed by atoms with Crippen molar-refractivity contribution in [3.63, 3.8) is 0 Å². The second-order valence-electron chi connectivity index (χ2n) is 4.05. The molecule has 18 heavy (non-hydrogen) atoms. The molecule has 2 aromatic rings. The molecule has 0 atom stereocenters. The number of nitrogens with zero attached hydrogens (tertiary/aromatic N) is 3. The van der Waals surface area contributed by atoms with E-state index in [-0.39, 0.29) is 11.7 Å². The summed E-state index contributed by atoms with van der Waals surface area (Å²) < 4.78 is 1.10. The first-order valence-corrected chi connectivity index (χ1v) is 5.50. The summed E-state index contributed by atoms with van der Waals surface area (Å²) in [6, 6.07) is 9.62. The Bertz CT molecular complexity index is 600. The highest BCUT2D eigenvalue weighted by Gasteiger charge is 2.16. The number of rotatable bonds is 3. The molecule has 0 saturated heterocycles. The summed E-state index contributed by atoms with van der Waals surface area (Å²) in [6.45, 7) is 0.471. The molecule has 2 rings (SSSR count). The van der Waals surface area contributed by atoms with Crippen LogP contribution in [-0.4, -0.2) is 32.6 Å². The summed E-state index contributed by atoms with van der Waals surface area (Å²) in [4.78, 5) is 27.1. The lowest BCUT2D eigenvalue weighted by Gasteiger charge is -2.15. The average molecular weight is 246 g/mol. The first-order chi connectivity index (χ1) is 8.58. The van der Waals surface area contributed by atoms with Crippen LogP contribution in [0.4, 0.5) is 0 Å². The van der Waals surface area contributed by atoms with Crippen LogP contribution in [0, 0.1) is 0 Å². The Kier molecular flexibility index (Phi) is 3.27. The van der Waals surface area contributed by atoms with E-state index in [9.17, 15) is 9.59 Å². The van der Waals surface area contributed by atoms with Crippen LogP contribution in [0.15, 0.2) is 35.1 Å². The standard InChI is InChI=1S/C12H14N4O2/c1-15(8-9-6-4-3-5-7-9)11(17)10-13-12(18)16(2)14-10/h3-7H,8H2,1-2H3,(H,13,14,18). The van der Waals surface area contributed by atoms with Gasteiger partial charge in [0, 0.05) is 20.6 Å². The molecule has 1 aromatic carbocycles. The van der Waals surface area contributed by atoms with E-state index < -0.39 is 5.69 Å². The summed E-state index contributed by atoms with van der Waals surface area (Å²) in [7, 11) is 3.16. The quantitative estimate of drug-likeness (QED) is 0.851. The number of nitrogens with one attached hydrogen (secondary N) is 1. The van der Waals surface area contributed by atoms with Gasteiger partial charge in [-0.15, -0.1) is 5.10 Å². The van der Waals surface area contributed by atoms with Crippen molar-refractivity contribution >= 4 is 5.91 Å². The lowest BCUT2D eigenvalue weighted by molar-refractivity contribution is 0.0772. The minimum absolute atomic E-state index is 0.0564. The molecule has 0 fully saturated rings. The van der Waals surface area contributed by atoms with Gasteiger partial charge in [0.15, 0.2) is 0 Å². The van der Waals surface area contributed by atoms with Crippen molar-refractivity contribution < 1.29 is 4.79 Å². The predicted molar refractivity (Wildman–Crippen MR) is 66.1 cm³/mol. The molecule has 1 amide bonds. The van der Waals surface area contributed by atoms with Gasteiger partial charge in [0.25, 0.3) is 5.91 Å². The van der Waals surface area contributed by atoms with Gasteiger partial charge in [-0.05, 0) is 5.56 Å². The number of aromatic amines is 1. The highest BCUT2D eigenvalue weighted by Crippen LogP contribution is 2.04. The molecule has 1 aromatic heterocycles. The van der Waals surface area contributed by atoms with E-state index in [0.717, 1.165) is 10.2 Å². The Balaban J connectivity index is 2.12. The van der Waals surface area contributed by atoms with Gasteiger partial charge in [-0.3, -0.25) is 9.78 Å². The molecule has 0 radical (unpaired) electrons.